The van der Waals surface area contributed by atoms with Crippen LogP contribution in [0.3, 0.4) is 0 Å². The van der Waals surface area contributed by atoms with Crippen LogP contribution in [0.15, 0.2) is 59.8 Å². The lowest BCUT2D eigenvalue weighted by molar-refractivity contribution is -0.115. The van der Waals surface area contributed by atoms with E-state index in [-0.39, 0.29) is 24.6 Å². The quantitative estimate of drug-likeness (QED) is 0.177. The Morgan fingerprint density at radius 2 is 1.86 bits per heavy atom. The molecule has 12 heteroatoms. The number of amides is 2. The third-order valence-electron chi connectivity index (χ3n) is 6.79. The zero-order chi connectivity index (χ0) is 29.6. The summed E-state index contributed by atoms with van der Waals surface area (Å²) < 4.78 is 21.2. The highest BCUT2D eigenvalue weighted by Gasteiger charge is 2.30. The summed E-state index contributed by atoms with van der Waals surface area (Å²) in [6.07, 6.45) is 2.65. The molecule has 2 heterocycles. The molecular formula is C30H30FN5O4S2. The SMILES string of the molecule is CCOC(=O)c1c(NC(=O)C(C)Sc2nnc(CNC(=O)c3ccccc3F)n2Cc2ccccc2)sc2c1CCC2. The van der Waals surface area contributed by atoms with Crippen LogP contribution in [0.2, 0.25) is 0 Å². The van der Waals surface area contributed by atoms with Crippen LogP contribution in [0.5, 0.6) is 0 Å². The number of hydrogen-bond acceptors (Lipinski definition) is 8. The second kappa shape index (κ2) is 13.3. The Kier molecular flexibility index (Phi) is 9.33. The van der Waals surface area contributed by atoms with E-state index in [9.17, 15) is 18.8 Å². The molecule has 1 atom stereocenters. The van der Waals surface area contributed by atoms with Crippen molar-refractivity contribution in [1.29, 1.82) is 0 Å². The van der Waals surface area contributed by atoms with E-state index in [0.29, 0.717) is 28.1 Å². The molecule has 2 N–H and O–H groups in total. The van der Waals surface area contributed by atoms with Gasteiger partial charge >= 0.3 is 5.97 Å². The molecule has 0 spiro atoms. The zero-order valence-corrected chi connectivity index (χ0v) is 24.8. The van der Waals surface area contributed by atoms with Crippen molar-refractivity contribution in [1.82, 2.24) is 20.1 Å². The van der Waals surface area contributed by atoms with E-state index in [2.05, 4.69) is 20.8 Å². The minimum atomic E-state index is -0.612. The largest absolute Gasteiger partial charge is 0.462 e. The first kappa shape index (κ1) is 29.5. The number of benzene rings is 2. The molecule has 2 amide bonds. The number of thiophene rings is 1. The van der Waals surface area contributed by atoms with Crippen LogP contribution in [-0.2, 0) is 35.5 Å². The van der Waals surface area contributed by atoms with Crippen molar-refractivity contribution in [3.63, 3.8) is 0 Å². The van der Waals surface area contributed by atoms with E-state index >= 15 is 0 Å². The summed E-state index contributed by atoms with van der Waals surface area (Å²) in [6, 6.07) is 15.4. The number of carbonyl (C=O) groups is 3. The summed E-state index contributed by atoms with van der Waals surface area (Å²) >= 11 is 2.65. The van der Waals surface area contributed by atoms with E-state index in [0.717, 1.165) is 35.3 Å². The third-order valence-corrected chi connectivity index (χ3v) is 9.08. The number of esters is 1. The average Bonchev–Trinajstić information content (AvgIpc) is 3.68. The lowest BCUT2D eigenvalue weighted by Crippen LogP contribution is -2.26. The fourth-order valence-corrected chi connectivity index (χ4v) is 6.85. The molecule has 4 aromatic rings. The number of nitrogens with one attached hydrogen (secondary N) is 2. The topological polar surface area (TPSA) is 115 Å². The van der Waals surface area contributed by atoms with Crippen molar-refractivity contribution in [2.24, 2.45) is 0 Å². The average molecular weight is 608 g/mol. The third kappa shape index (κ3) is 6.55. The zero-order valence-electron chi connectivity index (χ0n) is 23.2. The molecule has 0 aliphatic heterocycles. The number of aryl methyl sites for hydroxylation is 1. The van der Waals surface area contributed by atoms with Gasteiger partial charge in [-0.05, 0) is 56.4 Å². The maximum absolute atomic E-state index is 14.1. The van der Waals surface area contributed by atoms with E-state index in [4.69, 9.17) is 4.74 Å². The molecule has 1 unspecified atom stereocenters. The Balaban J connectivity index is 1.33. The summed E-state index contributed by atoms with van der Waals surface area (Å²) in [5, 5.41) is 14.7. The minimum absolute atomic E-state index is 0.0117. The van der Waals surface area contributed by atoms with Gasteiger partial charge in [0.2, 0.25) is 5.91 Å². The Bertz CT molecular complexity index is 1600. The maximum atomic E-state index is 14.1. The van der Waals surface area contributed by atoms with Crippen molar-refractivity contribution in [3.05, 3.63) is 93.4 Å². The van der Waals surface area contributed by atoms with Gasteiger partial charge < -0.3 is 19.9 Å². The molecule has 9 nitrogen and oxygen atoms in total. The predicted molar refractivity (Wildman–Crippen MR) is 159 cm³/mol. The molecule has 0 fully saturated rings. The number of anilines is 1. The highest BCUT2D eigenvalue weighted by molar-refractivity contribution is 8.00. The van der Waals surface area contributed by atoms with Gasteiger partial charge in [0.05, 0.1) is 36.1 Å². The van der Waals surface area contributed by atoms with E-state index in [1.807, 2.05) is 34.9 Å². The van der Waals surface area contributed by atoms with Crippen molar-refractivity contribution in [3.8, 4) is 0 Å². The van der Waals surface area contributed by atoms with Crippen LogP contribution in [0.4, 0.5) is 9.39 Å². The summed E-state index contributed by atoms with van der Waals surface area (Å²) in [4.78, 5) is 39.8. The van der Waals surface area contributed by atoms with Crippen LogP contribution in [0, 0.1) is 5.82 Å². The van der Waals surface area contributed by atoms with Crippen molar-refractivity contribution in [2.45, 2.75) is 56.6 Å². The standard InChI is InChI=1S/C30H30FN5O4S2/c1-3-40-29(39)25-21-13-9-15-23(21)42-28(25)33-26(37)18(2)41-30-35-34-24(36(30)17-19-10-5-4-6-11-19)16-32-27(38)20-12-7-8-14-22(20)31/h4-8,10-12,14,18H,3,9,13,15-17H2,1-2H3,(H,32,38)(H,33,37). The lowest BCUT2D eigenvalue weighted by atomic mass is 10.1. The highest BCUT2D eigenvalue weighted by atomic mass is 32.2. The normalized spacial score (nSPS) is 12.9. The van der Waals surface area contributed by atoms with E-state index in [1.54, 1.807) is 19.9 Å². The number of fused-ring (bicyclic) bond motifs is 1. The first-order chi connectivity index (χ1) is 20.4. The molecule has 0 saturated carbocycles. The lowest BCUT2D eigenvalue weighted by Gasteiger charge is -2.15. The van der Waals surface area contributed by atoms with Gasteiger partial charge in [0.15, 0.2) is 11.0 Å². The highest BCUT2D eigenvalue weighted by Crippen LogP contribution is 2.40. The smallest absolute Gasteiger partial charge is 0.341 e. The van der Waals surface area contributed by atoms with E-state index in [1.165, 1.54) is 41.3 Å². The first-order valence-corrected chi connectivity index (χ1v) is 15.3. The molecule has 1 aliphatic rings. The Morgan fingerprint density at radius 1 is 1.10 bits per heavy atom. The number of halogens is 1. The molecule has 0 saturated heterocycles. The number of aromatic nitrogens is 3. The molecule has 1 aliphatic carbocycles. The van der Waals surface area contributed by atoms with Gasteiger partial charge in [-0.1, -0.05) is 54.2 Å². The van der Waals surface area contributed by atoms with Gasteiger partial charge in [-0.3, -0.25) is 9.59 Å². The van der Waals surface area contributed by atoms with Crippen LogP contribution in [-0.4, -0.2) is 44.4 Å². The predicted octanol–water partition coefficient (Wildman–Crippen LogP) is 5.24. The van der Waals surface area contributed by atoms with Gasteiger partial charge in [0, 0.05) is 4.88 Å². The molecule has 0 radical (unpaired) electrons. The Labute approximate surface area is 250 Å². The van der Waals surface area contributed by atoms with Gasteiger partial charge in [-0.2, -0.15) is 0 Å². The number of rotatable bonds is 11. The first-order valence-electron chi connectivity index (χ1n) is 13.6. The minimum Gasteiger partial charge on any atom is -0.462 e. The Morgan fingerprint density at radius 3 is 2.62 bits per heavy atom. The Hall–Kier alpha value is -4.03. The van der Waals surface area contributed by atoms with Crippen molar-refractivity contribution >= 4 is 45.9 Å². The molecule has 5 rings (SSSR count). The van der Waals surface area contributed by atoms with E-state index < -0.39 is 22.9 Å². The molecule has 42 heavy (non-hydrogen) atoms. The molecule has 218 valence electrons. The maximum Gasteiger partial charge on any atom is 0.341 e. The van der Waals surface area contributed by atoms with Crippen LogP contribution in [0.1, 0.15) is 62.8 Å². The van der Waals surface area contributed by atoms with Crippen LogP contribution < -0.4 is 10.6 Å². The number of thioether (sulfide) groups is 1. The van der Waals surface area contributed by atoms with Crippen molar-refractivity contribution in [2.75, 3.05) is 11.9 Å². The van der Waals surface area contributed by atoms with Crippen LogP contribution in [0.25, 0.3) is 0 Å². The van der Waals surface area contributed by atoms with Gasteiger partial charge in [0.25, 0.3) is 5.91 Å². The fourth-order valence-electron chi connectivity index (χ4n) is 4.70. The summed E-state index contributed by atoms with van der Waals surface area (Å²) in [5.74, 6) is -1.42. The van der Waals surface area contributed by atoms with Gasteiger partial charge in [-0.15, -0.1) is 21.5 Å². The van der Waals surface area contributed by atoms with Gasteiger partial charge in [0.1, 0.15) is 10.8 Å². The molecule has 2 aromatic carbocycles. The van der Waals surface area contributed by atoms with Crippen molar-refractivity contribution < 1.29 is 23.5 Å². The molecule has 2 aromatic heterocycles. The number of ether oxygens (including phenoxy) is 1. The number of hydrogen-bond donors (Lipinski definition) is 2. The van der Waals surface area contributed by atoms with Gasteiger partial charge in [-0.25, -0.2) is 9.18 Å². The monoisotopic (exact) mass is 607 g/mol. The summed E-state index contributed by atoms with van der Waals surface area (Å²) in [6.45, 7) is 4.18. The summed E-state index contributed by atoms with van der Waals surface area (Å²) in [7, 11) is 0. The number of carbonyl (C=O) groups excluding carboxylic acids is 3. The fraction of sp³-hybridized carbons (Fsp3) is 0.300. The summed E-state index contributed by atoms with van der Waals surface area (Å²) in [5.41, 5.74) is 2.34. The second-order valence-corrected chi connectivity index (χ2v) is 12.1. The number of nitrogens with zero attached hydrogens (tertiary/aromatic N) is 3. The second-order valence-electron chi connectivity index (χ2n) is 9.66. The molecular weight excluding hydrogens is 577 g/mol. The molecule has 0 bridgehead atoms. The van der Waals surface area contributed by atoms with Crippen LogP contribution >= 0.6 is 23.1 Å².